The van der Waals surface area contributed by atoms with E-state index in [0.717, 1.165) is 5.69 Å². The molecule has 0 aliphatic heterocycles. The van der Waals surface area contributed by atoms with Crippen molar-refractivity contribution in [2.24, 2.45) is 0 Å². The van der Waals surface area contributed by atoms with Gasteiger partial charge in [-0.1, -0.05) is 29.8 Å². The Morgan fingerprint density at radius 2 is 1.78 bits per heavy atom. The number of likely N-dealkylation sites (N-methyl/N-ethyl adjacent to an activating group) is 1. The molecule has 1 N–H and O–H groups in total. The number of aromatic nitrogens is 2. The van der Waals surface area contributed by atoms with E-state index in [4.69, 9.17) is 0 Å². The maximum atomic E-state index is 4.50. The van der Waals surface area contributed by atoms with Crippen molar-refractivity contribution < 1.29 is 0 Å². The number of nitrogens with zero attached hydrogens (tertiary/aromatic N) is 2. The molecule has 1 heterocycles. The average Bonchev–Trinajstić information content (AvgIpc) is 2.79. The number of hydrogen-bond acceptors (Lipinski definition) is 2. The van der Waals surface area contributed by atoms with Crippen LogP contribution in [0, 0.1) is 13.8 Å². The largest absolute Gasteiger partial charge is 0.311 e. The lowest BCUT2D eigenvalue weighted by molar-refractivity contribution is 0.371. The lowest BCUT2D eigenvalue weighted by Crippen LogP contribution is -2.26. The summed E-state index contributed by atoms with van der Waals surface area (Å²) < 4.78 is 2.02. The fourth-order valence-corrected chi connectivity index (χ4v) is 2.27. The maximum absolute atomic E-state index is 4.50. The predicted molar refractivity (Wildman–Crippen MR) is 74.7 cm³/mol. The van der Waals surface area contributed by atoms with Crippen molar-refractivity contribution in [2.45, 2.75) is 32.9 Å². The van der Waals surface area contributed by atoms with Crippen LogP contribution < -0.4 is 5.32 Å². The molecule has 0 saturated carbocycles. The molecule has 0 aliphatic rings. The summed E-state index contributed by atoms with van der Waals surface area (Å²) in [5, 5.41) is 7.88. The van der Waals surface area contributed by atoms with Crippen molar-refractivity contribution in [3.63, 3.8) is 0 Å². The minimum Gasteiger partial charge on any atom is -0.311 e. The van der Waals surface area contributed by atoms with Gasteiger partial charge in [0, 0.05) is 6.20 Å². The first kappa shape index (κ1) is 12.8. The lowest BCUT2D eigenvalue weighted by atomic mass is 10.00. The third kappa shape index (κ3) is 2.62. The highest BCUT2D eigenvalue weighted by Gasteiger charge is 2.19. The number of benzene rings is 1. The molecule has 0 amide bonds. The molecule has 2 aromatic rings. The maximum Gasteiger partial charge on any atom is 0.0685 e. The Hall–Kier alpha value is -1.61. The summed E-state index contributed by atoms with van der Waals surface area (Å²) >= 11 is 0. The summed E-state index contributed by atoms with van der Waals surface area (Å²) in [6.45, 7) is 6.31. The third-order valence-electron chi connectivity index (χ3n) is 3.39. The van der Waals surface area contributed by atoms with Gasteiger partial charge >= 0.3 is 0 Å². The van der Waals surface area contributed by atoms with Crippen LogP contribution in [0.1, 0.15) is 35.8 Å². The number of rotatable bonds is 4. The van der Waals surface area contributed by atoms with Gasteiger partial charge in [-0.15, -0.1) is 0 Å². The second-order valence-corrected chi connectivity index (χ2v) is 4.85. The van der Waals surface area contributed by atoms with Gasteiger partial charge in [0.15, 0.2) is 0 Å². The van der Waals surface area contributed by atoms with Gasteiger partial charge in [0.25, 0.3) is 0 Å². The van der Waals surface area contributed by atoms with E-state index in [1.807, 2.05) is 30.9 Å². The summed E-state index contributed by atoms with van der Waals surface area (Å²) in [6.07, 6.45) is 2.04. The first-order valence-corrected chi connectivity index (χ1v) is 6.37. The molecule has 0 spiro atoms. The third-order valence-corrected chi connectivity index (χ3v) is 3.39. The molecule has 2 unspecified atom stereocenters. The van der Waals surface area contributed by atoms with Crippen LogP contribution in [0.4, 0.5) is 0 Å². The fourth-order valence-electron chi connectivity index (χ4n) is 2.27. The van der Waals surface area contributed by atoms with Crippen molar-refractivity contribution in [3.05, 3.63) is 53.3 Å². The van der Waals surface area contributed by atoms with Gasteiger partial charge in [-0.3, -0.25) is 4.68 Å². The first-order valence-electron chi connectivity index (χ1n) is 6.37. The Morgan fingerprint density at radius 1 is 1.11 bits per heavy atom. The highest BCUT2D eigenvalue weighted by molar-refractivity contribution is 5.25. The van der Waals surface area contributed by atoms with Gasteiger partial charge in [0.2, 0.25) is 0 Å². The molecule has 1 aromatic heterocycles. The van der Waals surface area contributed by atoms with Crippen LogP contribution in [0.25, 0.3) is 0 Å². The van der Waals surface area contributed by atoms with E-state index in [-0.39, 0.29) is 12.1 Å². The smallest absolute Gasteiger partial charge is 0.0685 e. The molecule has 3 heteroatoms. The molecule has 96 valence electrons. The molecule has 2 atom stereocenters. The zero-order valence-electron chi connectivity index (χ0n) is 11.5. The number of hydrogen-bond donors (Lipinski definition) is 1. The molecule has 1 aromatic carbocycles. The fraction of sp³-hybridized carbons (Fsp3) is 0.400. The lowest BCUT2D eigenvalue weighted by Gasteiger charge is -2.24. The van der Waals surface area contributed by atoms with Crippen LogP contribution >= 0.6 is 0 Å². The molecule has 0 fully saturated rings. The molecular weight excluding hydrogens is 222 g/mol. The van der Waals surface area contributed by atoms with Gasteiger partial charge in [-0.2, -0.15) is 5.10 Å². The quantitative estimate of drug-likeness (QED) is 0.894. The van der Waals surface area contributed by atoms with Gasteiger partial charge in [0.1, 0.15) is 0 Å². The van der Waals surface area contributed by atoms with Crippen molar-refractivity contribution >= 4 is 0 Å². The van der Waals surface area contributed by atoms with Crippen LogP contribution in [0.3, 0.4) is 0 Å². The zero-order valence-corrected chi connectivity index (χ0v) is 11.5. The first-order chi connectivity index (χ1) is 8.61. The minimum atomic E-state index is 0.268. The molecular formula is C15H21N3. The topological polar surface area (TPSA) is 29.9 Å². The van der Waals surface area contributed by atoms with Gasteiger partial charge in [-0.25, -0.2) is 0 Å². The van der Waals surface area contributed by atoms with Gasteiger partial charge in [-0.05, 0) is 39.4 Å². The van der Waals surface area contributed by atoms with Crippen LogP contribution in [0.5, 0.6) is 0 Å². The monoisotopic (exact) mass is 243 g/mol. The van der Waals surface area contributed by atoms with Crippen LogP contribution in [-0.2, 0) is 0 Å². The van der Waals surface area contributed by atoms with Crippen LogP contribution in [0.2, 0.25) is 0 Å². The molecule has 3 nitrogen and oxygen atoms in total. The average molecular weight is 243 g/mol. The number of aryl methyl sites for hydroxylation is 2. The zero-order chi connectivity index (χ0) is 13.1. The summed E-state index contributed by atoms with van der Waals surface area (Å²) in [6, 6.07) is 11.3. The Labute approximate surface area is 109 Å². The molecule has 0 radical (unpaired) electrons. The number of nitrogens with one attached hydrogen (secondary N) is 1. The van der Waals surface area contributed by atoms with Crippen molar-refractivity contribution in [1.29, 1.82) is 0 Å². The van der Waals surface area contributed by atoms with E-state index in [9.17, 15) is 0 Å². The summed E-state index contributed by atoms with van der Waals surface area (Å²) in [4.78, 5) is 0. The van der Waals surface area contributed by atoms with Crippen molar-refractivity contribution in [1.82, 2.24) is 15.1 Å². The van der Waals surface area contributed by atoms with Crippen molar-refractivity contribution in [2.75, 3.05) is 7.05 Å². The molecule has 18 heavy (non-hydrogen) atoms. The highest BCUT2D eigenvalue weighted by Crippen LogP contribution is 2.25. The Bertz CT molecular complexity index is 499. The standard InChI is InChI=1S/C15H21N3/c1-11-5-7-14(8-6-11)15(16-4)13(3)18-10-9-12(2)17-18/h5-10,13,15-16H,1-4H3. The van der Waals surface area contributed by atoms with Gasteiger partial charge in [0.05, 0.1) is 17.8 Å². The van der Waals surface area contributed by atoms with Crippen LogP contribution in [-0.4, -0.2) is 16.8 Å². The van der Waals surface area contributed by atoms with E-state index in [0.29, 0.717) is 0 Å². The second-order valence-electron chi connectivity index (χ2n) is 4.85. The molecule has 0 aliphatic carbocycles. The minimum absolute atomic E-state index is 0.268. The van der Waals surface area contributed by atoms with Gasteiger partial charge < -0.3 is 5.32 Å². The van der Waals surface area contributed by atoms with E-state index < -0.39 is 0 Å². The van der Waals surface area contributed by atoms with E-state index in [1.165, 1.54) is 11.1 Å². The normalized spacial score (nSPS) is 14.4. The summed E-state index contributed by atoms with van der Waals surface area (Å²) in [5.41, 5.74) is 3.64. The van der Waals surface area contributed by atoms with Crippen LogP contribution in [0.15, 0.2) is 36.5 Å². The molecule has 0 bridgehead atoms. The van der Waals surface area contributed by atoms with Crippen molar-refractivity contribution in [3.8, 4) is 0 Å². The molecule has 0 saturated heterocycles. The SMILES string of the molecule is CNC(c1ccc(C)cc1)C(C)n1ccc(C)n1. The second kappa shape index (κ2) is 5.36. The Balaban J connectivity index is 2.25. The van der Waals surface area contributed by atoms with E-state index in [2.05, 4.69) is 48.5 Å². The summed E-state index contributed by atoms with van der Waals surface area (Å²) in [5.74, 6) is 0. The Kier molecular flexibility index (Phi) is 3.82. The van der Waals surface area contributed by atoms with E-state index >= 15 is 0 Å². The Morgan fingerprint density at radius 3 is 2.28 bits per heavy atom. The predicted octanol–water partition coefficient (Wildman–Crippen LogP) is 3.02. The summed E-state index contributed by atoms with van der Waals surface area (Å²) in [7, 11) is 2.00. The highest BCUT2D eigenvalue weighted by atomic mass is 15.3. The van der Waals surface area contributed by atoms with E-state index in [1.54, 1.807) is 0 Å². The molecule has 2 rings (SSSR count).